The molecule has 3 aromatic rings. The van der Waals surface area contributed by atoms with Crippen molar-refractivity contribution in [1.82, 2.24) is 30.2 Å². The van der Waals surface area contributed by atoms with Gasteiger partial charge in [-0.3, -0.25) is 19.1 Å². The summed E-state index contributed by atoms with van der Waals surface area (Å²) in [4.78, 5) is 67.7. The maximum Gasteiger partial charge on any atom is 0.427 e. The molecule has 4 aliphatic rings. The minimum atomic E-state index is -4.94. The molecule has 2 aromatic heterocycles. The molecular formula is C47H59F3N6O10S. The van der Waals surface area contributed by atoms with Crippen molar-refractivity contribution in [2.24, 2.45) is 17.8 Å². The van der Waals surface area contributed by atoms with Gasteiger partial charge in [0, 0.05) is 35.6 Å². The van der Waals surface area contributed by atoms with E-state index in [9.17, 15) is 36.0 Å². The number of hydrogen-bond donors (Lipinski definition) is 3. The van der Waals surface area contributed by atoms with Crippen molar-refractivity contribution >= 4 is 44.6 Å². The number of rotatable bonds is 11. The van der Waals surface area contributed by atoms with E-state index in [0.29, 0.717) is 79.6 Å². The van der Waals surface area contributed by atoms with Gasteiger partial charge in [-0.25, -0.2) is 23.2 Å². The van der Waals surface area contributed by atoms with Gasteiger partial charge in [0.2, 0.25) is 39.2 Å². The molecule has 20 heteroatoms. The molecule has 2 aliphatic carbocycles. The lowest BCUT2D eigenvalue weighted by atomic mass is 9.88. The first-order valence-corrected chi connectivity index (χ1v) is 24.0. The molecule has 7 atom stereocenters. The molecule has 1 unspecified atom stereocenters. The van der Waals surface area contributed by atoms with Crippen LogP contribution in [0.4, 0.5) is 18.0 Å². The highest BCUT2D eigenvalue weighted by atomic mass is 32.2. The van der Waals surface area contributed by atoms with Crippen LogP contribution in [0.15, 0.2) is 54.7 Å². The van der Waals surface area contributed by atoms with Crippen molar-refractivity contribution in [2.45, 2.75) is 140 Å². The third kappa shape index (κ3) is 10.6. The molecule has 67 heavy (non-hydrogen) atoms. The molecule has 3 fully saturated rings. The molecule has 0 spiro atoms. The zero-order chi connectivity index (χ0) is 48.9. The number of hydrogen-bond acceptors (Lipinski definition) is 12. The molecule has 16 nitrogen and oxygen atoms in total. The maximum atomic E-state index is 15.0. The second-order valence-corrected chi connectivity index (χ2v) is 21.6. The Labute approximate surface area is 388 Å². The van der Waals surface area contributed by atoms with E-state index >= 15 is 4.79 Å². The summed E-state index contributed by atoms with van der Waals surface area (Å²) in [6, 6.07) is 7.73. The predicted octanol–water partition coefficient (Wildman–Crippen LogP) is 6.76. The van der Waals surface area contributed by atoms with Crippen LogP contribution in [0.5, 0.6) is 17.5 Å². The Hall–Kier alpha value is -5.66. The molecule has 4 heterocycles. The SMILES string of the molecule is COc1ccc2c(OC3C[C@H]4C(=O)N[C@]5(C(=O)NS(=O)(=O)C6(C)CC6)C[C@H]5/C=C\CC[C@H](C)C[C@@H](C)[C@H](NC(=O)OC(C)(C)C(F)(F)F)C(=O)N4C3)nc(-c3ccc(OC(C)C)nc3)cc2c1. The van der Waals surface area contributed by atoms with E-state index < -0.39 is 85.9 Å². The van der Waals surface area contributed by atoms with Gasteiger partial charge in [0.25, 0.3) is 5.91 Å². The average Bonchev–Trinajstić information content (AvgIpc) is 4.13. The number of allylic oxidation sites excluding steroid dienone is 1. The number of ether oxygens (including phenoxy) is 4. The fourth-order valence-electron chi connectivity index (χ4n) is 8.61. The Balaban J connectivity index is 1.26. The third-order valence-corrected chi connectivity index (χ3v) is 15.4. The van der Waals surface area contributed by atoms with Crippen molar-refractivity contribution in [2.75, 3.05) is 13.7 Å². The van der Waals surface area contributed by atoms with Crippen LogP contribution >= 0.6 is 0 Å². The molecule has 2 saturated carbocycles. The third-order valence-electron chi connectivity index (χ3n) is 13.2. The van der Waals surface area contributed by atoms with Gasteiger partial charge >= 0.3 is 12.3 Å². The van der Waals surface area contributed by atoms with Gasteiger partial charge in [-0.2, -0.15) is 13.2 Å². The monoisotopic (exact) mass is 956 g/mol. The first-order valence-electron chi connectivity index (χ1n) is 22.6. The summed E-state index contributed by atoms with van der Waals surface area (Å²) in [6.45, 7) is 10.0. The van der Waals surface area contributed by atoms with Crippen LogP contribution in [-0.4, -0.2) is 107 Å². The van der Waals surface area contributed by atoms with E-state index in [1.54, 1.807) is 49.5 Å². The van der Waals surface area contributed by atoms with Gasteiger partial charge in [-0.1, -0.05) is 26.0 Å². The summed E-state index contributed by atoms with van der Waals surface area (Å²) in [5, 5.41) is 6.46. The number of carbonyl (C=O) groups excluding carboxylic acids is 4. The number of halogens is 3. The quantitative estimate of drug-likeness (QED) is 0.171. The lowest BCUT2D eigenvalue weighted by molar-refractivity contribution is -0.244. The molecule has 4 amide bonds. The van der Waals surface area contributed by atoms with Gasteiger partial charge in [0.15, 0.2) is 0 Å². The van der Waals surface area contributed by atoms with Gasteiger partial charge < -0.3 is 34.5 Å². The lowest BCUT2D eigenvalue weighted by Crippen LogP contribution is -2.59. The Kier molecular flexibility index (Phi) is 13.6. The van der Waals surface area contributed by atoms with Gasteiger partial charge in [0.1, 0.15) is 29.5 Å². The van der Waals surface area contributed by atoms with Crippen molar-refractivity contribution in [3.8, 4) is 28.8 Å². The molecule has 2 aliphatic heterocycles. The number of alkyl carbamates (subject to hydrolysis) is 1. The number of fused-ring (bicyclic) bond motifs is 3. The normalized spacial score (nSPS) is 27.1. The second kappa shape index (κ2) is 18.4. The highest BCUT2D eigenvalue weighted by molar-refractivity contribution is 7.91. The second-order valence-electron chi connectivity index (χ2n) is 19.4. The number of sulfonamides is 1. The Bertz CT molecular complexity index is 2530. The summed E-state index contributed by atoms with van der Waals surface area (Å²) in [7, 11) is -2.59. The van der Waals surface area contributed by atoms with Gasteiger partial charge in [-0.15, -0.1) is 0 Å². The molecule has 1 aromatic carbocycles. The van der Waals surface area contributed by atoms with Crippen molar-refractivity contribution < 1.29 is 59.7 Å². The van der Waals surface area contributed by atoms with E-state index in [-0.39, 0.29) is 37.3 Å². The van der Waals surface area contributed by atoms with Crippen LogP contribution in [0, 0.1) is 17.8 Å². The van der Waals surface area contributed by atoms with Crippen molar-refractivity contribution in [1.29, 1.82) is 0 Å². The number of amides is 4. The van der Waals surface area contributed by atoms with Crippen LogP contribution in [0.1, 0.15) is 93.4 Å². The molecule has 1 saturated heterocycles. The summed E-state index contributed by atoms with van der Waals surface area (Å²) in [5.74, 6) is -2.74. The van der Waals surface area contributed by atoms with Crippen LogP contribution in [0.2, 0.25) is 0 Å². The van der Waals surface area contributed by atoms with Crippen LogP contribution in [-0.2, 0) is 29.1 Å². The minimum absolute atomic E-state index is 0.0641. The summed E-state index contributed by atoms with van der Waals surface area (Å²) < 4.78 is 92.1. The summed E-state index contributed by atoms with van der Waals surface area (Å²) >= 11 is 0. The number of carbonyl (C=O) groups is 4. The van der Waals surface area contributed by atoms with E-state index in [0.717, 1.165) is 0 Å². The largest absolute Gasteiger partial charge is 0.497 e. The highest BCUT2D eigenvalue weighted by Crippen LogP contribution is 2.48. The first kappa shape index (κ1) is 49.3. The fraction of sp³-hybridized carbons (Fsp3) is 0.574. The first-order chi connectivity index (χ1) is 31.3. The summed E-state index contributed by atoms with van der Waals surface area (Å²) in [6.07, 6.45) is -0.131. The summed E-state index contributed by atoms with van der Waals surface area (Å²) in [5.41, 5.74) is -3.51. The molecule has 364 valence electrons. The van der Waals surface area contributed by atoms with E-state index in [1.165, 1.54) is 18.9 Å². The molecular weight excluding hydrogens is 898 g/mol. The number of nitrogens with one attached hydrogen (secondary N) is 3. The molecule has 3 N–H and O–H groups in total. The zero-order valence-electron chi connectivity index (χ0n) is 38.9. The highest BCUT2D eigenvalue weighted by Gasteiger charge is 2.63. The molecule has 7 rings (SSSR count). The number of methoxy groups -OCH3 is 1. The Morgan fingerprint density at radius 2 is 1.78 bits per heavy atom. The van der Waals surface area contributed by atoms with E-state index in [1.807, 2.05) is 32.9 Å². The predicted molar refractivity (Wildman–Crippen MR) is 240 cm³/mol. The fourth-order valence-corrected chi connectivity index (χ4v) is 9.92. The van der Waals surface area contributed by atoms with E-state index in [4.69, 9.17) is 23.9 Å². The maximum absolute atomic E-state index is 15.0. The standard InChI is InChI=1S/C47H59F3N6O10S/c1-26(2)64-37-16-13-29(24-51-37)35-21-30-20-32(63-8)14-15-34(30)40(52-35)65-33-22-36-39(57)54-46(42(59)55-67(61,62)45(7)17-18-45)23-31(46)12-10-9-11-27(3)19-28(4)38(41(58)56(36)25-33)53-43(60)66-44(5,6)47(48,49)50/h10,12-16,20-21,24,26-28,31,33,36,38H,9,11,17-19,22-23,25H2,1-8H3,(H,53,60)(H,54,57)(H,55,59)/b12-10-/t27-,28+,31+,33?,36-,38-,46+/m0/s1. The lowest BCUT2D eigenvalue weighted by Gasteiger charge is -2.34. The van der Waals surface area contributed by atoms with Crippen molar-refractivity contribution in [3.63, 3.8) is 0 Å². The molecule has 0 bridgehead atoms. The number of benzene rings is 1. The zero-order valence-corrected chi connectivity index (χ0v) is 39.7. The number of aromatic nitrogens is 2. The van der Waals surface area contributed by atoms with Crippen LogP contribution < -0.4 is 29.6 Å². The average molecular weight is 957 g/mol. The van der Waals surface area contributed by atoms with E-state index in [2.05, 4.69) is 20.3 Å². The van der Waals surface area contributed by atoms with Crippen LogP contribution in [0.3, 0.4) is 0 Å². The number of nitrogens with zero attached hydrogens (tertiary/aromatic N) is 3. The number of pyridine rings is 2. The number of alkyl halides is 3. The topological polar surface area (TPSA) is 204 Å². The van der Waals surface area contributed by atoms with Gasteiger partial charge in [-0.05, 0) is 121 Å². The van der Waals surface area contributed by atoms with Crippen LogP contribution in [0.25, 0.3) is 22.0 Å². The molecule has 0 radical (unpaired) electrons. The van der Waals surface area contributed by atoms with Gasteiger partial charge in [0.05, 0.1) is 30.2 Å². The minimum Gasteiger partial charge on any atom is -0.497 e. The van der Waals surface area contributed by atoms with Crippen molar-refractivity contribution in [3.05, 3.63) is 54.7 Å². The Morgan fingerprint density at radius 3 is 2.42 bits per heavy atom. The Morgan fingerprint density at radius 1 is 1.04 bits per heavy atom. The smallest absolute Gasteiger partial charge is 0.427 e.